The van der Waals surface area contributed by atoms with E-state index in [1.54, 1.807) is 24.3 Å². The molecule has 0 aliphatic carbocycles. The van der Waals surface area contributed by atoms with Gasteiger partial charge in [0, 0.05) is 18.2 Å². The van der Waals surface area contributed by atoms with Crippen LogP contribution in [-0.4, -0.2) is 26.9 Å². The molecule has 9 heteroatoms. The number of nitrogens with two attached hydrogens (primary N) is 1. The molecule has 0 fully saturated rings. The van der Waals surface area contributed by atoms with E-state index < -0.39 is 11.6 Å². The van der Waals surface area contributed by atoms with Gasteiger partial charge in [-0.1, -0.05) is 36.4 Å². The first kappa shape index (κ1) is 21.3. The average molecular weight is 458 g/mol. The highest BCUT2D eigenvalue weighted by molar-refractivity contribution is 5.99. The smallest absolute Gasteiger partial charge is 0.225 e. The summed E-state index contributed by atoms with van der Waals surface area (Å²) in [4.78, 5) is 9.07. The van der Waals surface area contributed by atoms with Crippen LogP contribution in [0.15, 0.2) is 72.8 Å². The normalized spacial score (nSPS) is 11.0. The van der Waals surface area contributed by atoms with Crippen molar-refractivity contribution in [1.82, 2.24) is 19.7 Å². The second kappa shape index (κ2) is 8.78. The van der Waals surface area contributed by atoms with E-state index in [0.717, 1.165) is 5.56 Å². The molecule has 0 saturated heterocycles. The number of benzene rings is 3. The minimum Gasteiger partial charge on any atom is -0.497 e. The van der Waals surface area contributed by atoms with Gasteiger partial charge in [0.1, 0.15) is 23.2 Å². The summed E-state index contributed by atoms with van der Waals surface area (Å²) < 4.78 is 35.4. The molecule has 0 radical (unpaired) electrons. The van der Waals surface area contributed by atoms with Crippen LogP contribution in [0.4, 0.5) is 20.5 Å². The van der Waals surface area contributed by atoms with E-state index in [9.17, 15) is 4.39 Å². The summed E-state index contributed by atoms with van der Waals surface area (Å²) in [5, 5.41) is 8.00. The molecule has 34 heavy (non-hydrogen) atoms. The largest absolute Gasteiger partial charge is 0.497 e. The summed E-state index contributed by atoms with van der Waals surface area (Å²) in [6.07, 6.45) is 0. The van der Waals surface area contributed by atoms with Crippen molar-refractivity contribution in [2.45, 2.75) is 6.54 Å². The first-order chi connectivity index (χ1) is 16.5. The van der Waals surface area contributed by atoms with Crippen LogP contribution in [0.2, 0.25) is 0 Å². The van der Waals surface area contributed by atoms with Crippen LogP contribution in [0.1, 0.15) is 5.56 Å². The van der Waals surface area contributed by atoms with E-state index in [1.807, 2.05) is 30.3 Å². The number of hydrogen-bond donors (Lipinski definition) is 2. The zero-order valence-corrected chi connectivity index (χ0v) is 18.2. The lowest BCUT2D eigenvalue weighted by molar-refractivity contribution is 0.411. The highest BCUT2D eigenvalue weighted by Crippen LogP contribution is 2.35. The summed E-state index contributed by atoms with van der Waals surface area (Å²) in [5.41, 5.74) is 8.57. The molecule has 0 atom stereocenters. The molecule has 3 N–H and O–H groups in total. The van der Waals surface area contributed by atoms with Crippen LogP contribution >= 0.6 is 0 Å². The van der Waals surface area contributed by atoms with E-state index in [-0.39, 0.29) is 28.7 Å². The van der Waals surface area contributed by atoms with E-state index in [4.69, 9.17) is 10.5 Å². The number of halogens is 2. The Labute approximate surface area is 193 Å². The number of methoxy groups -OCH3 is 1. The summed E-state index contributed by atoms with van der Waals surface area (Å²) in [6, 6.07) is 20.0. The summed E-state index contributed by atoms with van der Waals surface area (Å²) in [6.45, 7) is 0.455. The van der Waals surface area contributed by atoms with Gasteiger partial charge < -0.3 is 15.8 Å². The molecule has 2 aromatic heterocycles. The van der Waals surface area contributed by atoms with Gasteiger partial charge in [0.25, 0.3) is 0 Å². The maximum absolute atomic E-state index is 15.1. The molecule has 0 unspecified atom stereocenters. The number of aromatic nitrogens is 4. The number of nitrogens with one attached hydrogen (secondary N) is 1. The molecule has 0 bridgehead atoms. The maximum atomic E-state index is 15.1. The molecule has 0 amide bonds. The predicted octanol–water partition coefficient (Wildman–Crippen LogP) is 4.96. The molecule has 0 saturated carbocycles. The van der Waals surface area contributed by atoms with Crippen LogP contribution in [0.3, 0.4) is 0 Å². The lowest BCUT2D eigenvalue weighted by atomic mass is 10.1. The van der Waals surface area contributed by atoms with Gasteiger partial charge in [-0.25, -0.2) is 18.4 Å². The van der Waals surface area contributed by atoms with Crippen LogP contribution in [0.25, 0.3) is 28.0 Å². The monoisotopic (exact) mass is 458 g/mol. The molecule has 5 aromatic rings. The third kappa shape index (κ3) is 3.99. The fraction of sp³-hybridized carbons (Fsp3) is 0.0800. The molecular formula is C25H20F2N6O. The van der Waals surface area contributed by atoms with Gasteiger partial charge in [-0.15, -0.1) is 5.10 Å². The van der Waals surface area contributed by atoms with Gasteiger partial charge in [0.2, 0.25) is 5.95 Å². The number of rotatable bonds is 6. The predicted molar refractivity (Wildman–Crippen MR) is 127 cm³/mol. The number of hydrogen-bond acceptors (Lipinski definition) is 6. The number of fused-ring (bicyclic) bond motifs is 1. The topological polar surface area (TPSA) is 90.9 Å². The number of ether oxygens (including phenoxy) is 1. The van der Waals surface area contributed by atoms with Gasteiger partial charge in [-0.05, 0) is 35.9 Å². The Hall–Kier alpha value is -4.53. The highest BCUT2D eigenvalue weighted by atomic mass is 19.1. The number of anilines is 2. The van der Waals surface area contributed by atoms with Crippen LogP contribution in [-0.2, 0) is 6.54 Å². The number of nitrogen functional groups attached to an aromatic ring is 1. The SMILES string of the molecule is COc1ccc(-c2nc(NCc3ccccc3)nc3nn(-c4cccc(F)c4)c(N)c23)c(F)c1. The van der Waals surface area contributed by atoms with Crippen molar-refractivity contribution in [3.05, 3.63) is 90.0 Å². The molecule has 0 aliphatic heterocycles. The quantitative estimate of drug-likeness (QED) is 0.374. The highest BCUT2D eigenvalue weighted by Gasteiger charge is 2.21. The van der Waals surface area contributed by atoms with Crippen LogP contribution in [0, 0.1) is 11.6 Å². The standard InChI is InChI=1S/C25H20F2N6O/c1-34-18-10-11-19(20(27)13-18)22-21-23(28)33(17-9-5-8-16(26)12-17)32-24(21)31-25(30-22)29-14-15-6-3-2-4-7-15/h2-13H,14,28H2,1H3,(H,29,31,32). The summed E-state index contributed by atoms with van der Waals surface area (Å²) in [7, 11) is 1.46. The second-order valence-electron chi connectivity index (χ2n) is 7.56. The van der Waals surface area contributed by atoms with Gasteiger partial charge >= 0.3 is 0 Å². The van der Waals surface area contributed by atoms with Gasteiger partial charge in [0.15, 0.2) is 5.65 Å². The van der Waals surface area contributed by atoms with Crippen molar-refractivity contribution in [2.75, 3.05) is 18.2 Å². The third-order valence-corrected chi connectivity index (χ3v) is 5.35. The molecule has 2 heterocycles. The van der Waals surface area contributed by atoms with E-state index in [1.165, 1.54) is 30.0 Å². The Kier molecular flexibility index (Phi) is 5.51. The molecule has 3 aromatic carbocycles. The molecule has 170 valence electrons. The fourth-order valence-electron chi connectivity index (χ4n) is 3.68. The van der Waals surface area contributed by atoms with Gasteiger partial charge in [-0.2, -0.15) is 4.98 Å². The molecule has 0 spiro atoms. The van der Waals surface area contributed by atoms with Gasteiger partial charge in [0.05, 0.1) is 23.9 Å². The Morgan fingerprint density at radius 3 is 2.53 bits per heavy atom. The summed E-state index contributed by atoms with van der Waals surface area (Å²) in [5.74, 6) is -0.177. The Balaban J connectivity index is 1.68. The van der Waals surface area contributed by atoms with E-state index in [0.29, 0.717) is 23.4 Å². The Bertz CT molecular complexity index is 1490. The van der Waals surface area contributed by atoms with Crippen molar-refractivity contribution in [2.24, 2.45) is 0 Å². The zero-order chi connectivity index (χ0) is 23.7. The molecule has 7 nitrogen and oxygen atoms in total. The molecule has 5 rings (SSSR count). The first-order valence-electron chi connectivity index (χ1n) is 10.5. The summed E-state index contributed by atoms with van der Waals surface area (Å²) >= 11 is 0. The third-order valence-electron chi connectivity index (χ3n) is 5.35. The van der Waals surface area contributed by atoms with E-state index in [2.05, 4.69) is 20.4 Å². The van der Waals surface area contributed by atoms with Crippen LogP contribution < -0.4 is 15.8 Å². The number of nitrogens with zero attached hydrogens (tertiary/aromatic N) is 4. The Morgan fingerprint density at radius 1 is 0.971 bits per heavy atom. The zero-order valence-electron chi connectivity index (χ0n) is 18.2. The van der Waals surface area contributed by atoms with Crippen molar-refractivity contribution in [3.63, 3.8) is 0 Å². The fourth-order valence-corrected chi connectivity index (χ4v) is 3.68. The van der Waals surface area contributed by atoms with Gasteiger partial charge in [-0.3, -0.25) is 0 Å². The minimum atomic E-state index is -0.536. The van der Waals surface area contributed by atoms with Crippen molar-refractivity contribution >= 4 is 22.8 Å². The lowest BCUT2D eigenvalue weighted by Gasteiger charge is -2.10. The molecule has 0 aliphatic rings. The van der Waals surface area contributed by atoms with Crippen molar-refractivity contribution in [1.29, 1.82) is 0 Å². The average Bonchev–Trinajstić information content (AvgIpc) is 3.19. The first-order valence-corrected chi connectivity index (χ1v) is 10.5. The molecular weight excluding hydrogens is 438 g/mol. The Morgan fingerprint density at radius 2 is 1.79 bits per heavy atom. The minimum absolute atomic E-state index is 0.167. The maximum Gasteiger partial charge on any atom is 0.225 e. The second-order valence-corrected chi connectivity index (χ2v) is 7.56. The lowest BCUT2D eigenvalue weighted by Crippen LogP contribution is -2.05. The van der Waals surface area contributed by atoms with E-state index >= 15 is 4.39 Å². The van der Waals surface area contributed by atoms with Crippen LogP contribution in [0.5, 0.6) is 5.75 Å². The van der Waals surface area contributed by atoms with Crippen molar-refractivity contribution in [3.8, 4) is 22.7 Å². The van der Waals surface area contributed by atoms with Crippen molar-refractivity contribution < 1.29 is 13.5 Å².